The number of thioether (sulfide) groups is 1. The van der Waals surface area contributed by atoms with E-state index in [1.165, 1.54) is 0 Å². The average Bonchev–Trinajstić information content (AvgIpc) is 2.98. The first-order valence-electron chi connectivity index (χ1n) is 7.35. The van der Waals surface area contributed by atoms with Crippen molar-refractivity contribution in [2.24, 2.45) is 0 Å². The predicted octanol–water partition coefficient (Wildman–Crippen LogP) is 6.33. The van der Waals surface area contributed by atoms with E-state index in [1.807, 2.05) is 42.5 Å². The Morgan fingerprint density at radius 2 is 1.71 bits per heavy atom. The lowest BCUT2D eigenvalue weighted by Gasteiger charge is -2.09. The molecule has 124 valence electrons. The quantitative estimate of drug-likeness (QED) is 0.432. The van der Waals surface area contributed by atoms with Gasteiger partial charge in [0, 0.05) is 32.4 Å². The molecule has 0 aliphatic heterocycles. The van der Waals surface area contributed by atoms with Crippen molar-refractivity contribution in [1.82, 2.24) is 14.8 Å². The molecule has 0 saturated heterocycles. The Bertz CT molecular complexity index is 829. The van der Waals surface area contributed by atoms with Crippen molar-refractivity contribution in [2.45, 2.75) is 24.4 Å². The lowest BCUT2D eigenvalue weighted by Crippen LogP contribution is -2.00. The fourth-order valence-electron chi connectivity index (χ4n) is 2.30. The average molecular weight is 443 g/mol. The Morgan fingerprint density at radius 3 is 2.33 bits per heavy atom. The van der Waals surface area contributed by atoms with E-state index in [0.29, 0.717) is 15.8 Å². The second-order valence-corrected chi connectivity index (χ2v) is 7.72. The summed E-state index contributed by atoms with van der Waals surface area (Å²) in [7, 11) is 0. The van der Waals surface area contributed by atoms with Crippen molar-refractivity contribution in [3.63, 3.8) is 0 Å². The highest BCUT2D eigenvalue weighted by Crippen LogP contribution is 2.32. The third kappa shape index (κ3) is 3.80. The van der Waals surface area contributed by atoms with Crippen LogP contribution in [0.3, 0.4) is 0 Å². The van der Waals surface area contributed by atoms with Crippen molar-refractivity contribution in [3.05, 3.63) is 62.5 Å². The van der Waals surface area contributed by atoms with Gasteiger partial charge in [-0.2, -0.15) is 0 Å². The second-order valence-electron chi connectivity index (χ2n) is 5.05. The topological polar surface area (TPSA) is 30.7 Å². The van der Waals surface area contributed by atoms with E-state index in [-0.39, 0.29) is 0 Å². The van der Waals surface area contributed by atoms with Gasteiger partial charge in [-0.3, -0.25) is 0 Å². The minimum Gasteiger partial charge on any atom is -0.302 e. The van der Waals surface area contributed by atoms with E-state index < -0.39 is 0 Å². The van der Waals surface area contributed by atoms with Crippen LogP contribution in [0.1, 0.15) is 12.5 Å². The van der Waals surface area contributed by atoms with E-state index in [0.717, 1.165) is 33.1 Å². The largest absolute Gasteiger partial charge is 0.302 e. The maximum absolute atomic E-state index is 6.24. The summed E-state index contributed by atoms with van der Waals surface area (Å²) in [6.07, 6.45) is 0. The van der Waals surface area contributed by atoms with Gasteiger partial charge >= 0.3 is 0 Å². The standard InChI is InChI=1S/C17H14BrCl2N3S/c1-2-23-16(11-6-8-12(18)9-7-11)21-22-17(23)24-10-13-14(19)4-3-5-15(13)20/h3-9H,2,10H2,1H3. The van der Waals surface area contributed by atoms with Crippen LogP contribution in [0, 0.1) is 0 Å². The predicted molar refractivity (Wildman–Crippen MR) is 105 cm³/mol. The van der Waals surface area contributed by atoms with Crippen molar-refractivity contribution >= 4 is 50.9 Å². The second kappa shape index (κ2) is 7.91. The molecule has 0 saturated carbocycles. The minimum atomic E-state index is 0.650. The van der Waals surface area contributed by atoms with Crippen LogP contribution in [-0.4, -0.2) is 14.8 Å². The lowest BCUT2D eigenvalue weighted by atomic mass is 10.2. The van der Waals surface area contributed by atoms with Gasteiger partial charge in [-0.05, 0) is 36.8 Å². The zero-order valence-corrected chi connectivity index (χ0v) is 16.8. The lowest BCUT2D eigenvalue weighted by molar-refractivity contribution is 0.687. The van der Waals surface area contributed by atoms with Gasteiger partial charge in [-0.15, -0.1) is 10.2 Å². The molecule has 0 unspecified atom stereocenters. The van der Waals surface area contributed by atoms with Gasteiger partial charge in [0.15, 0.2) is 11.0 Å². The van der Waals surface area contributed by atoms with Crippen LogP contribution < -0.4 is 0 Å². The molecule has 3 aromatic rings. The summed E-state index contributed by atoms with van der Waals surface area (Å²) in [5, 5.41) is 10.9. The molecule has 2 aromatic carbocycles. The first kappa shape index (κ1) is 17.8. The van der Waals surface area contributed by atoms with Crippen molar-refractivity contribution < 1.29 is 0 Å². The smallest absolute Gasteiger partial charge is 0.191 e. The van der Waals surface area contributed by atoms with Crippen LogP contribution in [0.15, 0.2) is 52.1 Å². The van der Waals surface area contributed by atoms with Crippen molar-refractivity contribution in [2.75, 3.05) is 0 Å². The molecule has 0 radical (unpaired) electrons. The van der Waals surface area contributed by atoms with Gasteiger partial charge in [0.2, 0.25) is 0 Å². The number of halogens is 3. The molecule has 3 nitrogen and oxygen atoms in total. The Morgan fingerprint density at radius 1 is 1.04 bits per heavy atom. The fourth-order valence-corrected chi connectivity index (χ4v) is 4.31. The first-order valence-corrected chi connectivity index (χ1v) is 9.88. The van der Waals surface area contributed by atoms with Crippen LogP contribution in [0.25, 0.3) is 11.4 Å². The highest BCUT2D eigenvalue weighted by Gasteiger charge is 2.14. The number of rotatable bonds is 5. The highest BCUT2D eigenvalue weighted by molar-refractivity contribution is 9.10. The summed E-state index contributed by atoms with van der Waals surface area (Å²) in [4.78, 5) is 0. The molecule has 0 N–H and O–H groups in total. The molecular formula is C17H14BrCl2N3S. The van der Waals surface area contributed by atoms with E-state index in [4.69, 9.17) is 23.2 Å². The van der Waals surface area contributed by atoms with E-state index in [9.17, 15) is 0 Å². The molecule has 0 bridgehead atoms. The number of nitrogens with zero attached hydrogens (tertiary/aromatic N) is 3. The highest BCUT2D eigenvalue weighted by atomic mass is 79.9. The number of hydrogen-bond acceptors (Lipinski definition) is 3. The molecule has 0 aliphatic rings. The Hall–Kier alpha value is -1.01. The molecule has 24 heavy (non-hydrogen) atoms. The summed E-state index contributed by atoms with van der Waals surface area (Å²) in [6.45, 7) is 2.87. The molecular weight excluding hydrogens is 429 g/mol. The summed E-state index contributed by atoms with van der Waals surface area (Å²) in [5.74, 6) is 1.51. The van der Waals surface area contributed by atoms with Gasteiger partial charge in [-0.25, -0.2) is 0 Å². The molecule has 1 heterocycles. The number of aromatic nitrogens is 3. The molecule has 7 heteroatoms. The van der Waals surface area contributed by atoms with Crippen LogP contribution in [0.4, 0.5) is 0 Å². The van der Waals surface area contributed by atoms with Gasteiger partial charge in [-0.1, -0.05) is 69.1 Å². The molecule has 0 spiro atoms. The van der Waals surface area contributed by atoms with E-state index in [2.05, 4.69) is 37.6 Å². The van der Waals surface area contributed by atoms with Crippen LogP contribution >= 0.6 is 50.9 Å². The molecule has 0 fully saturated rings. The SMILES string of the molecule is CCn1c(SCc2c(Cl)cccc2Cl)nnc1-c1ccc(Br)cc1. The van der Waals surface area contributed by atoms with Crippen LogP contribution in [0.5, 0.6) is 0 Å². The normalized spacial score (nSPS) is 11.0. The van der Waals surface area contributed by atoms with E-state index >= 15 is 0 Å². The zero-order valence-electron chi connectivity index (χ0n) is 12.8. The zero-order chi connectivity index (χ0) is 17.1. The third-order valence-electron chi connectivity index (χ3n) is 3.54. The van der Waals surface area contributed by atoms with Gasteiger partial charge in [0.1, 0.15) is 0 Å². The van der Waals surface area contributed by atoms with Crippen molar-refractivity contribution in [3.8, 4) is 11.4 Å². The summed E-state index contributed by atoms with van der Waals surface area (Å²) in [5.41, 5.74) is 1.96. The molecule has 0 amide bonds. The minimum absolute atomic E-state index is 0.650. The maximum Gasteiger partial charge on any atom is 0.191 e. The van der Waals surface area contributed by atoms with Crippen LogP contribution in [0.2, 0.25) is 10.0 Å². The number of hydrogen-bond donors (Lipinski definition) is 0. The van der Waals surface area contributed by atoms with E-state index in [1.54, 1.807) is 11.8 Å². The fraction of sp³-hybridized carbons (Fsp3) is 0.176. The molecule has 1 aromatic heterocycles. The van der Waals surface area contributed by atoms with Crippen molar-refractivity contribution in [1.29, 1.82) is 0 Å². The Labute approximate surface area is 163 Å². The summed E-state index contributed by atoms with van der Waals surface area (Å²) >= 11 is 17.5. The monoisotopic (exact) mass is 441 g/mol. The first-order chi connectivity index (χ1) is 11.6. The van der Waals surface area contributed by atoms with Gasteiger partial charge in [0.05, 0.1) is 0 Å². The Balaban J connectivity index is 1.86. The molecule has 0 atom stereocenters. The summed E-state index contributed by atoms with van der Waals surface area (Å²) in [6, 6.07) is 13.6. The maximum atomic E-state index is 6.24. The van der Waals surface area contributed by atoms with Crippen LogP contribution in [-0.2, 0) is 12.3 Å². The third-order valence-corrected chi connectivity index (χ3v) is 5.77. The molecule has 0 aliphatic carbocycles. The molecule has 3 rings (SSSR count). The number of benzene rings is 2. The summed E-state index contributed by atoms with van der Waals surface area (Å²) < 4.78 is 3.13. The van der Waals surface area contributed by atoms with Gasteiger partial charge < -0.3 is 4.57 Å². The van der Waals surface area contributed by atoms with Gasteiger partial charge in [0.25, 0.3) is 0 Å². The Kier molecular flexibility index (Phi) is 5.87.